The third kappa shape index (κ3) is 3.34. The third-order valence-corrected chi connectivity index (χ3v) is 2.55. The molecule has 0 radical (unpaired) electrons. The normalized spacial score (nSPS) is 11.2. The SMILES string of the molecule is Cc1cncc(-c2cc(C=O)ccc2OC(F)(F)F)c1. The Morgan fingerprint density at radius 2 is 1.95 bits per heavy atom. The highest BCUT2D eigenvalue weighted by Gasteiger charge is 2.32. The number of carbonyl (C=O) groups excluding carboxylic acids is 1. The lowest BCUT2D eigenvalue weighted by Gasteiger charge is -2.14. The number of pyridine rings is 1. The second-order valence-corrected chi connectivity index (χ2v) is 4.17. The lowest BCUT2D eigenvalue weighted by Crippen LogP contribution is -2.17. The molecule has 0 aliphatic carbocycles. The standard InChI is InChI=1S/C14H10F3NO2/c1-9-4-11(7-18-6-9)12-5-10(8-19)2-3-13(12)20-14(15,16)17/h2-8H,1H3. The minimum atomic E-state index is -4.80. The van der Waals surface area contributed by atoms with Crippen LogP contribution < -0.4 is 4.74 Å². The number of benzene rings is 1. The maximum Gasteiger partial charge on any atom is 0.573 e. The number of aryl methyl sites for hydroxylation is 1. The van der Waals surface area contributed by atoms with Gasteiger partial charge in [-0.3, -0.25) is 9.78 Å². The molecule has 0 unspecified atom stereocenters. The number of ether oxygens (including phenoxy) is 1. The Morgan fingerprint density at radius 3 is 2.55 bits per heavy atom. The van der Waals surface area contributed by atoms with Crippen molar-refractivity contribution in [2.75, 3.05) is 0 Å². The molecule has 1 heterocycles. The Balaban J connectivity index is 2.55. The number of nitrogens with zero attached hydrogens (tertiary/aromatic N) is 1. The summed E-state index contributed by atoms with van der Waals surface area (Å²) in [5, 5.41) is 0. The van der Waals surface area contributed by atoms with E-state index in [0.717, 1.165) is 11.6 Å². The zero-order valence-corrected chi connectivity index (χ0v) is 10.4. The molecular formula is C14H10F3NO2. The summed E-state index contributed by atoms with van der Waals surface area (Å²) in [5.74, 6) is -0.365. The number of hydrogen-bond donors (Lipinski definition) is 0. The van der Waals surface area contributed by atoms with Crippen LogP contribution in [0.25, 0.3) is 11.1 Å². The van der Waals surface area contributed by atoms with E-state index in [9.17, 15) is 18.0 Å². The van der Waals surface area contributed by atoms with Gasteiger partial charge in [0.2, 0.25) is 0 Å². The lowest BCUT2D eigenvalue weighted by molar-refractivity contribution is -0.274. The second-order valence-electron chi connectivity index (χ2n) is 4.17. The number of aromatic nitrogens is 1. The van der Waals surface area contributed by atoms with Crippen molar-refractivity contribution in [2.24, 2.45) is 0 Å². The summed E-state index contributed by atoms with van der Waals surface area (Å²) < 4.78 is 41.2. The first-order chi connectivity index (χ1) is 9.39. The van der Waals surface area contributed by atoms with Gasteiger partial charge in [-0.15, -0.1) is 13.2 Å². The average Bonchev–Trinajstić information content (AvgIpc) is 2.37. The first-order valence-corrected chi connectivity index (χ1v) is 5.66. The van der Waals surface area contributed by atoms with Crippen LogP contribution in [-0.4, -0.2) is 17.6 Å². The van der Waals surface area contributed by atoms with Crippen molar-refractivity contribution in [3.05, 3.63) is 47.8 Å². The molecule has 0 aliphatic rings. The topological polar surface area (TPSA) is 39.2 Å². The number of hydrogen-bond acceptors (Lipinski definition) is 3. The van der Waals surface area contributed by atoms with Crippen LogP contribution >= 0.6 is 0 Å². The lowest BCUT2D eigenvalue weighted by atomic mass is 10.0. The fourth-order valence-corrected chi connectivity index (χ4v) is 1.76. The summed E-state index contributed by atoms with van der Waals surface area (Å²) in [6.45, 7) is 1.77. The molecule has 0 saturated carbocycles. The van der Waals surface area contributed by atoms with Crippen molar-refractivity contribution in [3.8, 4) is 16.9 Å². The Labute approximate surface area is 113 Å². The van der Waals surface area contributed by atoms with E-state index >= 15 is 0 Å². The second kappa shape index (κ2) is 5.32. The molecule has 0 amide bonds. The van der Waals surface area contributed by atoms with E-state index < -0.39 is 6.36 Å². The van der Waals surface area contributed by atoms with Gasteiger partial charge in [0, 0.05) is 29.1 Å². The molecule has 0 atom stereocenters. The predicted molar refractivity (Wildman–Crippen MR) is 66.5 cm³/mol. The van der Waals surface area contributed by atoms with E-state index in [-0.39, 0.29) is 16.9 Å². The number of halogens is 3. The Kier molecular flexibility index (Phi) is 3.74. The summed E-state index contributed by atoms with van der Waals surface area (Å²) in [6, 6.07) is 5.39. The molecule has 1 aromatic heterocycles. The summed E-state index contributed by atoms with van der Waals surface area (Å²) >= 11 is 0. The Bertz CT molecular complexity index is 639. The molecule has 2 rings (SSSR count). The van der Waals surface area contributed by atoms with Crippen molar-refractivity contribution in [3.63, 3.8) is 0 Å². The molecule has 0 N–H and O–H groups in total. The van der Waals surface area contributed by atoms with Gasteiger partial charge in [-0.25, -0.2) is 0 Å². The van der Waals surface area contributed by atoms with Gasteiger partial charge in [0.15, 0.2) is 0 Å². The molecule has 0 fully saturated rings. The minimum Gasteiger partial charge on any atom is -0.405 e. The van der Waals surface area contributed by atoms with Gasteiger partial charge in [0.25, 0.3) is 0 Å². The molecular weight excluding hydrogens is 271 g/mol. The molecule has 1 aromatic carbocycles. The number of carbonyl (C=O) groups is 1. The van der Waals surface area contributed by atoms with Crippen LogP contribution in [0.5, 0.6) is 5.75 Å². The van der Waals surface area contributed by atoms with Crippen LogP contribution in [0.3, 0.4) is 0 Å². The van der Waals surface area contributed by atoms with E-state index in [1.807, 2.05) is 0 Å². The molecule has 0 spiro atoms. The van der Waals surface area contributed by atoms with Gasteiger partial charge in [-0.1, -0.05) is 0 Å². The van der Waals surface area contributed by atoms with Crippen molar-refractivity contribution in [1.29, 1.82) is 0 Å². The highest BCUT2D eigenvalue weighted by Crippen LogP contribution is 2.34. The van der Waals surface area contributed by atoms with Gasteiger partial charge >= 0.3 is 6.36 Å². The van der Waals surface area contributed by atoms with E-state index in [4.69, 9.17) is 0 Å². The van der Waals surface area contributed by atoms with Crippen LogP contribution in [0.4, 0.5) is 13.2 Å². The smallest absolute Gasteiger partial charge is 0.405 e. The average molecular weight is 281 g/mol. The van der Waals surface area contributed by atoms with Crippen LogP contribution in [0.15, 0.2) is 36.7 Å². The van der Waals surface area contributed by atoms with Gasteiger partial charge in [-0.05, 0) is 36.8 Å². The fourth-order valence-electron chi connectivity index (χ4n) is 1.76. The third-order valence-electron chi connectivity index (χ3n) is 2.55. The first kappa shape index (κ1) is 14.0. The molecule has 0 bridgehead atoms. The predicted octanol–water partition coefficient (Wildman–Crippen LogP) is 3.77. The highest BCUT2D eigenvalue weighted by atomic mass is 19.4. The van der Waals surface area contributed by atoms with Gasteiger partial charge in [-0.2, -0.15) is 0 Å². The van der Waals surface area contributed by atoms with Gasteiger partial charge in [0.1, 0.15) is 12.0 Å². The van der Waals surface area contributed by atoms with Crippen molar-refractivity contribution in [1.82, 2.24) is 4.98 Å². The maximum absolute atomic E-state index is 12.4. The summed E-state index contributed by atoms with van der Waals surface area (Å²) in [4.78, 5) is 14.7. The fraction of sp³-hybridized carbons (Fsp3) is 0.143. The molecule has 2 aromatic rings. The van der Waals surface area contributed by atoms with Crippen LogP contribution in [0.1, 0.15) is 15.9 Å². The molecule has 20 heavy (non-hydrogen) atoms. The molecule has 6 heteroatoms. The highest BCUT2D eigenvalue weighted by molar-refractivity contribution is 5.81. The van der Waals surface area contributed by atoms with Crippen LogP contribution in [-0.2, 0) is 0 Å². The summed E-state index contributed by atoms with van der Waals surface area (Å²) in [5.41, 5.74) is 1.67. The van der Waals surface area contributed by atoms with E-state index in [1.54, 1.807) is 19.2 Å². The van der Waals surface area contributed by atoms with Crippen molar-refractivity contribution in [2.45, 2.75) is 13.3 Å². The van der Waals surface area contributed by atoms with Gasteiger partial charge < -0.3 is 4.74 Å². The minimum absolute atomic E-state index is 0.170. The van der Waals surface area contributed by atoms with Crippen LogP contribution in [0, 0.1) is 6.92 Å². The van der Waals surface area contributed by atoms with E-state index in [2.05, 4.69) is 9.72 Å². The summed E-state index contributed by atoms with van der Waals surface area (Å²) in [6.07, 6.45) is -1.24. The number of rotatable bonds is 3. The zero-order chi connectivity index (χ0) is 14.8. The number of aldehydes is 1. The van der Waals surface area contributed by atoms with Crippen molar-refractivity contribution >= 4 is 6.29 Å². The van der Waals surface area contributed by atoms with Crippen molar-refractivity contribution < 1.29 is 22.7 Å². The molecule has 0 aliphatic heterocycles. The zero-order valence-electron chi connectivity index (χ0n) is 10.4. The van der Waals surface area contributed by atoms with Crippen LogP contribution in [0.2, 0.25) is 0 Å². The Morgan fingerprint density at radius 1 is 1.20 bits per heavy atom. The first-order valence-electron chi connectivity index (χ1n) is 5.66. The Hall–Kier alpha value is -2.37. The molecule has 104 valence electrons. The van der Waals surface area contributed by atoms with E-state index in [0.29, 0.717) is 11.8 Å². The molecule has 0 saturated heterocycles. The van der Waals surface area contributed by atoms with Gasteiger partial charge in [0.05, 0.1) is 0 Å². The number of alkyl halides is 3. The quantitative estimate of drug-likeness (QED) is 0.804. The summed E-state index contributed by atoms with van der Waals surface area (Å²) in [7, 11) is 0. The monoisotopic (exact) mass is 281 g/mol. The van der Waals surface area contributed by atoms with E-state index in [1.165, 1.54) is 18.3 Å². The largest absolute Gasteiger partial charge is 0.573 e. The maximum atomic E-state index is 12.4. The molecule has 3 nitrogen and oxygen atoms in total.